The van der Waals surface area contributed by atoms with Crippen LogP contribution in [0.15, 0.2) is 42.1 Å². The van der Waals surface area contributed by atoms with Crippen LogP contribution in [-0.4, -0.2) is 73.8 Å². The fraction of sp³-hybridized carbons (Fsp3) is 0.500. The number of hydrogen-bond acceptors (Lipinski definition) is 5. The summed E-state index contributed by atoms with van der Waals surface area (Å²) in [6.07, 6.45) is 5.01. The van der Waals surface area contributed by atoms with Crippen LogP contribution in [0.5, 0.6) is 11.5 Å². The van der Waals surface area contributed by atoms with Crippen molar-refractivity contribution >= 4 is 6.03 Å². The fourth-order valence-corrected chi connectivity index (χ4v) is 6.48. The Morgan fingerprint density at radius 2 is 1.65 bits per heavy atom. The molecule has 0 atom stereocenters. The standard InChI is InChI=1S/C30H39N3O4/c1-21-14-22(2)27-6-7-28-30(33(12-13-35-3)29(34)32(28)20-24(27)15-21)8-10-31(11-9-30)19-23-16-25(36-4)18-26(17-23)37-5/h7,14-18H,6,8-13,19-20H2,1-5H3. The van der Waals surface area contributed by atoms with Crippen molar-refractivity contribution in [3.8, 4) is 11.5 Å². The fourth-order valence-electron chi connectivity index (χ4n) is 6.48. The number of likely N-dealkylation sites (tertiary alicyclic amines) is 1. The van der Waals surface area contributed by atoms with Gasteiger partial charge in [0.05, 0.1) is 32.9 Å². The van der Waals surface area contributed by atoms with Crippen molar-refractivity contribution in [2.24, 2.45) is 0 Å². The van der Waals surface area contributed by atoms with Gasteiger partial charge in [-0.15, -0.1) is 0 Å². The zero-order valence-electron chi connectivity index (χ0n) is 22.8. The molecule has 7 heteroatoms. The monoisotopic (exact) mass is 505 g/mol. The summed E-state index contributed by atoms with van der Waals surface area (Å²) in [5.41, 5.74) is 7.26. The summed E-state index contributed by atoms with van der Waals surface area (Å²) in [4.78, 5) is 20.5. The largest absolute Gasteiger partial charge is 0.497 e. The second-order valence-electron chi connectivity index (χ2n) is 10.6. The minimum Gasteiger partial charge on any atom is -0.497 e. The molecule has 3 aliphatic heterocycles. The van der Waals surface area contributed by atoms with E-state index in [0.29, 0.717) is 19.7 Å². The van der Waals surface area contributed by atoms with Crippen molar-refractivity contribution in [1.29, 1.82) is 0 Å². The van der Waals surface area contributed by atoms with Crippen LogP contribution in [0.25, 0.3) is 0 Å². The molecule has 0 saturated carbocycles. The number of aryl methyl sites for hydroxylation is 2. The summed E-state index contributed by atoms with van der Waals surface area (Å²) in [5, 5.41) is 0. The molecule has 0 aromatic heterocycles. The minimum atomic E-state index is -0.289. The summed E-state index contributed by atoms with van der Waals surface area (Å²) in [7, 11) is 5.07. The first kappa shape index (κ1) is 25.6. The highest BCUT2D eigenvalue weighted by molar-refractivity contribution is 5.83. The van der Waals surface area contributed by atoms with E-state index < -0.39 is 0 Å². The van der Waals surface area contributed by atoms with Crippen LogP contribution in [0.2, 0.25) is 0 Å². The van der Waals surface area contributed by atoms with Gasteiger partial charge in [0.15, 0.2) is 0 Å². The first-order valence-electron chi connectivity index (χ1n) is 13.2. The molecule has 0 aliphatic carbocycles. The topological polar surface area (TPSA) is 54.5 Å². The predicted octanol–water partition coefficient (Wildman–Crippen LogP) is 4.68. The lowest BCUT2D eigenvalue weighted by molar-refractivity contribution is 0.0670. The number of nitrogens with zero attached hydrogens (tertiary/aromatic N) is 3. The number of piperidine rings is 1. The van der Waals surface area contributed by atoms with E-state index in [1.807, 2.05) is 11.0 Å². The van der Waals surface area contributed by atoms with E-state index in [9.17, 15) is 4.79 Å². The van der Waals surface area contributed by atoms with E-state index in [0.717, 1.165) is 50.4 Å². The Bertz CT molecular complexity index is 1180. The number of ether oxygens (including phenoxy) is 3. The molecule has 0 unspecified atom stereocenters. The highest BCUT2D eigenvalue weighted by atomic mass is 16.5. The van der Waals surface area contributed by atoms with Gasteiger partial charge in [0.25, 0.3) is 0 Å². The molecule has 1 spiro atoms. The summed E-state index contributed by atoms with van der Waals surface area (Å²) < 4.78 is 16.4. The molecule has 5 rings (SSSR count). The van der Waals surface area contributed by atoms with Crippen LogP contribution in [0.3, 0.4) is 0 Å². The van der Waals surface area contributed by atoms with Crippen LogP contribution >= 0.6 is 0 Å². The molecule has 2 saturated heterocycles. The minimum absolute atomic E-state index is 0.112. The number of rotatable bonds is 7. The number of amides is 2. The quantitative estimate of drug-likeness (QED) is 0.547. The van der Waals surface area contributed by atoms with Crippen LogP contribution < -0.4 is 9.47 Å². The van der Waals surface area contributed by atoms with Gasteiger partial charge in [-0.2, -0.15) is 0 Å². The predicted molar refractivity (Wildman–Crippen MR) is 144 cm³/mol. The number of hydrogen-bond donors (Lipinski definition) is 0. The molecule has 2 aromatic carbocycles. The zero-order valence-corrected chi connectivity index (χ0v) is 22.8. The van der Waals surface area contributed by atoms with E-state index in [2.05, 4.69) is 54.0 Å². The summed E-state index contributed by atoms with van der Waals surface area (Å²) in [6, 6.07) is 10.7. The van der Waals surface area contributed by atoms with Crippen LogP contribution in [-0.2, 0) is 24.2 Å². The molecule has 7 nitrogen and oxygen atoms in total. The van der Waals surface area contributed by atoms with E-state index in [-0.39, 0.29) is 11.6 Å². The van der Waals surface area contributed by atoms with Gasteiger partial charge in [-0.3, -0.25) is 9.80 Å². The van der Waals surface area contributed by atoms with Crippen LogP contribution in [0.1, 0.15) is 40.7 Å². The average Bonchev–Trinajstić information content (AvgIpc) is 3.01. The molecule has 3 aliphatic rings. The van der Waals surface area contributed by atoms with Gasteiger partial charge in [-0.05, 0) is 67.5 Å². The second kappa shape index (κ2) is 10.4. The molecule has 3 heterocycles. The first-order valence-corrected chi connectivity index (χ1v) is 13.2. The first-order chi connectivity index (χ1) is 17.9. The number of urea groups is 1. The van der Waals surface area contributed by atoms with Gasteiger partial charge in [0.2, 0.25) is 0 Å². The number of benzene rings is 2. The number of carbonyl (C=O) groups excluding carboxylic acids is 1. The third kappa shape index (κ3) is 4.71. The number of allylic oxidation sites excluding steroid dienone is 1. The van der Waals surface area contributed by atoms with E-state index in [1.54, 1.807) is 21.3 Å². The maximum Gasteiger partial charge on any atom is 0.325 e. The lowest BCUT2D eigenvalue weighted by Crippen LogP contribution is -2.54. The lowest BCUT2D eigenvalue weighted by Gasteiger charge is -2.44. The number of fused-ring (bicyclic) bond motifs is 3. The Hall–Kier alpha value is -3.03. The molecule has 37 heavy (non-hydrogen) atoms. The highest BCUT2D eigenvalue weighted by Crippen LogP contribution is 2.46. The van der Waals surface area contributed by atoms with Crippen molar-refractivity contribution in [2.75, 3.05) is 47.6 Å². The van der Waals surface area contributed by atoms with Gasteiger partial charge in [0.1, 0.15) is 11.5 Å². The molecule has 0 N–H and O–H groups in total. The molecule has 0 radical (unpaired) electrons. The number of carbonyl (C=O) groups is 1. The summed E-state index contributed by atoms with van der Waals surface area (Å²) in [6.45, 7) is 8.75. The summed E-state index contributed by atoms with van der Waals surface area (Å²) in [5.74, 6) is 1.61. The van der Waals surface area contributed by atoms with Crippen molar-refractivity contribution < 1.29 is 19.0 Å². The van der Waals surface area contributed by atoms with Crippen molar-refractivity contribution in [1.82, 2.24) is 14.7 Å². The van der Waals surface area contributed by atoms with Gasteiger partial charge in [-0.1, -0.05) is 23.8 Å². The van der Waals surface area contributed by atoms with Gasteiger partial charge < -0.3 is 19.1 Å². The Labute approximate surface area is 220 Å². The van der Waals surface area contributed by atoms with Gasteiger partial charge in [-0.25, -0.2) is 4.79 Å². The smallest absolute Gasteiger partial charge is 0.325 e. The molecule has 2 fully saturated rings. The van der Waals surface area contributed by atoms with Crippen LogP contribution in [0.4, 0.5) is 4.79 Å². The molecule has 0 bridgehead atoms. The normalized spacial score (nSPS) is 18.9. The highest BCUT2D eigenvalue weighted by Gasteiger charge is 2.54. The van der Waals surface area contributed by atoms with Crippen molar-refractivity contribution in [3.63, 3.8) is 0 Å². The SMILES string of the molecule is COCCN1C(=O)N2Cc3cc(C)cc(C)c3CC=C2C12CCN(Cc1cc(OC)cc(OC)c1)CC2. The molecule has 2 amide bonds. The van der Waals surface area contributed by atoms with Crippen molar-refractivity contribution in [2.45, 2.75) is 51.7 Å². The van der Waals surface area contributed by atoms with E-state index in [1.165, 1.54) is 33.5 Å². The van der Waals surface area contributed by atoms with E-state index >= 15 is 0 Å². The third-order valence-electron chi connectivity index (χ3n) is 8.30. The Kier molecular flexibility index (Phi) is 7.19. The third-order valence-corrected chi connectivity index (χ3v) is 8.30. The Morgan fingerprint density at radius 3 is 2.30 bits per heavy atom. The Balaban J connectivity index is 1.41. The summed E-state index contributed by atoms with van der Waals surface area (Å²) >= 11 is 0. The molecular weight excluding hydrogens is 466 g/mol. The zero-order chi connectivity index (χ0) is 26.2. The molecular formula is C30H39N3O4. The van der Waals surface area contributed by atoms with Gasteiger partial charge >= 0.3 is 6.03 Å². The number of methoxy groups -OCH3 is 3. The average molecular weight is 506 g/mol. The maximum atomic E-state index is 13.9. The van der Waals surface area contributed by atoms with Crippen LogP contribution in [0, 0.1) is 13.8 Å². The maximum absolute atomic E-state index is 13.9. The molecule has 198 valence electrons. The second-order valence-corrected chi connectivity index (χ2v) is 10.6. The lowest BCUT2D eigenvalue weighted by atomic mass is 9.82. The van der Waals surface area contributed by atoms with Gasteiger partial charge in [0, 0.05) is 45.1 Å². The van der Waals surface area contributed by atoms with Crippen molar-refractivity contribution in [3.05, 3.63) is 69.9 Å². The van der Waals surface area contributed by atoms with E-state index in [4.69, 9.17) is 14.2 Å². The Morgan fingerprint density at radius 1 is 0.946 bits per heavy atom. The molecule has 2 aromatic rings.